The highest BCUT2D eigenvalue weighted by molar-refractivity contribution is 9.10. The van der Waals surface area contributed by atoms with Gasteiger partial charge in [0.05, 0.1) is 6.54 Å². The fourth-order valence-corrected chi connectivity index (χ4v) is 3.52. The van der Waals surface area contributed by atoms with E-state index in [9.17, 15) is 9.59 Å². The van der Waals surface area contributed by atoms with E-state index in [-0.39, 0.29) is 24.1 Å². The van der Waals surface area contributed by atoms with E-state index >= 15 is 0 Å². The average molecular weight is 448 g/mol. The number of hydrogen-bond acceptors (Lipinski definition) is 4. The standard InChI is InChI=1S/C21H26BrN3O3/c1-15(2)17-5-3-16(4-6-17)14-24-9-11-25(12-10-24)20(26)13-23-21(27)18-7-8-19(22)28-18/h3-8,15H,9-14H2,1-2H3,(H,23,27). The van der Waals surface area contributed by atoms with Crippen molar-refractivity contribution in [3.8, 4) is 0 Å². The summed E-state index contributed by atoms with van der Waals surface area (Å²) in [6.07, 6.45) is 0. The molecule has 1 aliphatic rings. The van der Waals surface area contributed by atoms with Crippen LogP contribution >= 0.6 is 15.9 Å². The van der Waals surface area contributed by atoms with Gasteiger partial charge in [-0.2, -0.15) is 0 Å². The quantitative estimate of drug-likeness (QED) is 0.737. The lowest BCUT2D eigenvalue weighted by Crippen LogP contribution is -2.50. The summed E-state index contributed by atoms with van der Waals surface area (Å²) >= 11 is 3.16. The van der Waals surface area contributed by atoms with Gasteiger partial charge < -0.3 is 14.6 Å². The van der Waals surface area contributed by atoms with Crippen LogP contribution in [0.25, 0.3) is 0 Å². The Kier molecular flexibility index (Phi) is 6.91. The van der Waals surface area contributed by atoms with Crippen LogP contribution in [0.1, 0.15) is 41.4 Å². The molecular formula is C21H26BrN3O3. The number of carbonyl (C=O) groups is 2. The van der Waals surface area contributed by atoms with Crippen LogP contribution in [0.5, 0.6) is 0 Å². The number of halogens is 1. The van der Waals surface area contributed by atoms with Crippen molar-refractivity contribution in [2.24, 2.45) is 0 Å². The van der Waals surface area contributed by atoms with E-state index in [1.165, 1.54) is 11.1 Å². The number of carbonyl (C=O) groups excluding carboxylic acids is 2. The van der Waals surface area contributed by atoms with Crippen molar-refractivity contribution in [2.75, 3.05) is 32.7 Å². The monoisotopic (exact) mass is 447 g/mol. The maximum atomic E-state index is 12.4. The van der Waals surface area contributed by atoms with Gasteiger partial charge in [-0.15, -0.1) is 0 Å². The molecule has 0 spiro atoms. The lowest BCUT2D eigenvalue weighted by Gasteiger charge is -2.34. The highest BCUT2D eigenvalue weighted by Gasteiger charge is 2.22. The van der Waals surface area contributed by atoms with Gasteiger partial charge in [0.2, 0.25) is 5.91 Å². The van der Waals surface area contributed by atoms with Crippen molar-refractivity contribution >= 4 is 27.7 Å². The highest BCUT2D eigenvalue weighted by atomic mass is 79.9. The molecule has 7 heteroatoms. The minimum atomic E-state index is -0.387. The second-order valence-electron chi connectivity index (χ2n) is 7.34. The summed E-state index contributed by atoms with van der Waals surface area (Å²) in [6, 6.07) is 12.0. The number of hydrogen-bond donors (Lipinski definition) is 1. The summed E-state index contributed by atoms with van der Waals surface area (Å²) in [4.78, 5) is 28.5. The molecule has 1 fully saturated rings. The fraction of sp³-hybridized carbons (Fsp3) is 0.429. The Bertz CT molecular complexity index is 809. The molecule has 150 valence electrons. The summed E-state index contributed by atoms with van der Waals surface area (Å²) in [5.41, 5.74) is 2.64. The first-order valence-electron chi connectivity index (χ1n) is 9.55. The zero-order valence-corrected chi connectivity index (χ0v) is 17.9. The first kappa shape index (κ1) is 20.6. The van der Waals surface area contributed by atoms with Crippen molar-refractivity contribution in [3.05, 3.63) is 58.0 Å². The van der Waals surface area contributed by atoms with Gasteiger partial charge in [-0.3, -0.25) is 14.5 Å². The van der Waals surface area contributed by atoms with Crippen LogP contribution in [0, 0.1) is 0 Å². The number of nitrogens with zero attached hydrogens (tertiary/aromatic N) is 2. The van der Waals surface area contributed by atoms with Crippen molar-refractivity contribution < 1.29 is 14.0 Å². The van der Waals surface area contributed by atoms with Gasteiger partial charge >= 0.3 is 0 Å². The molecule has 28 heavy (non-hydrogen) atoms. The number of piperazine rings is 1. The van der Waals surface area contributed by atoms with Crippen LogP contribution in [-0.4, -0.2) is 54.3 Å². The number of nitrogens with one attached hydrogen (secondary N) is 1. The molecule has 0 atom stereocenters. The van der Waals surface area contributed by atoms with Crippen LogP contribution in [0.4, 0.5) is 0 Å². The van der Waals surface area contributed by atoms with Gasteiger partial charge in [0, 0.05) is 32.7 Å². The smallest absolute Gasteiger partial charge is 0.287 e. The zero-order chi connectivity index (χ0) is 20.1. The third-order valence-electron chi connectivity index (χ3n) is 4.97. The Morgan fingerprint density at radius 1 is 1.07 bits per heavy atom. The third-order valence-corrected chi connectivity index (χ3v) is 5.40. The minimum absolute atomic E-state index is 0.0200. The van der Waals surface area contributed by atoms with Gasteiger partial charge in [0.15, 0.2) is 10.4 Å². The van der Waals surface area contributed by atoms with Gasteiger partial charge in [-0.05, 0) is 45.1 Å². The molecular weight excluding hydrogens is 422 g/mol. The number of amides is 2. The first-order valence-corrected chi connectivity index (χ1v) is 10.3. The topological polar surface area (TPSA) is 65.8 Å². The van der Waals surface area contributed by atoms with Crippen molar-refractivity contribution in [3.63, 3.8) is 0 Å². The Labute approximate surface area is 174 Å². The van der Waals surface area contributed by atoms with Gasteiger partial charge in [-0.1, -0.05) is 38.1 Å². The molecule has 2 amide bonds. The molecule has 2 heterocycles. The summed E-state index contributed by atoms with van der Waals surface area (Å²) in [7, 11) is 0. The minimum Gasteiger partial charge on any atom is -0.444 e. The molecule has 0 saturated carbocycles. The first-order chi connectivity index (χ1) is 13.4. The highest BCUT2D eigenvalue weighted by Crippen LogP contribution is 2.16. The summed E-state index contributed by atoms with van der Waals surface area (Å²) in [5.74, 6) is 0.272. The van der Waals surface area contributed by atoms with E-state index in [2.05, 4.69) is 64.3 Å². The van der Waals surface area contributed by atoms with E-state index in [4.69, 9.17) is 4.42 Å². The van der Waals surface area contributed by atoms with Crippen molar-refractivity contribution in [1.29, 1.82) is 0 Å². The lowest BCUT2D eigenvalue weighted by atomic mass is 10.0. The Morgan fingerprint density at radius 2 is 1.75 bits per heavy atom. The van der Waals surface area contributed by atoms with Crippen molar-refractivity contribution in [1.82, 2.24) is 15.1 Å². The molecule has 1 aliphatic heterocycles. The zero-order valence-electron chi connectivity index (χ0n) is 16.3. The predicted octanol–water partition coefficient (Wildman–Crippen LogP) is 3.24. The fourth-order valence-electron chi connectivity index (χ4n) is 3.21. The summed E-state index contributed by atoms with van der Waals surface area (Å²) in [6.45, 7) is 8.27. The predicted molar refractivity (Wildman–Crippen MR) is 111 cm³/mol. The second kappa shape index (κ2) is 9.39. The normalized spacial score (nSPS) is 15.1. The largest absolute Gasteiger partial charge is 0.444 e. The maximum Gasteiger partial charge on any atom is 0.287 e. The molecule has 6 nitrogen and oxygen atoms in total. The van der Waals surface area contributed by atoms with Crippen LogP contribution in [0.15, 0.2) is 45.5 Å². The molecule has 0 radical (unpaired) electrons. The molecule has 1 N–H and O–H groups in total. The third kappa shape index (κ3) is 5.45. The van der Waals surface area contributed by atoms with E-state index in [0.29, 0.717) is 23.7 Å². The Balaban J connectivity index is 1.41. The summed E-state index contributed by atoms with van der Waals surface area (Å²) in [5, 5.41) is 2.62. The lowest BCUT2D eigenvalue weighted by molar-refractivity contribution is -0.131. The van der Waals surface area contributed by atoms with E-state index in [1.807, 2.05) is 0 Å². The van der Waals surface area contributed by atoms with Gasteiger partial charge in [0.25, 0.3) is 5.91 Å². The Morgan fingerprint density at radius 3 is 2.32 bits per heavy atom. The maximum absolute atomic E-state index is 12.4. The molecule has 0 bridgehead atoms. The average Bonchev–Trinajstić information content (AvgIpc) is 3.13. The number of furan rings is 1. The van der Waals surface area contributed by atoms with Crippen LogP contribution < -0.4 is 5.32 Å². The Hall–Kier alpha value is -2.12. The van der Waals surface area contributed by atoms with Gasteiger partial charge in [0.1, 0.15) is 0 Å². The molecule has 1 aromatic heterocycles. The molecule has 3 rings (SSSR count). The van der Waals surface area contributed by atoms with Crippen LogP contribution in [-0.2, 0) is 11.3 Å². The van der Waals surface area contributed by atoms with E-state index in [0.717, 1.165) is 19.6 Å². The molecule has 0 aliphatic carbocycles. The van der Waals surface area contributed by atoms with Crippen LogP contribution in [0.3, 0.4) is 0 Å². The second-order valence-corrected chi connectivity index (χ2v) is 8.12. The van der Waals surface area contributed by atoms with E-state index < -0.39 is 0 Å². The molecule has 1 saturated heterocycles. The van der Waals surface area contributed by atoms with Crippen LogP contribution in [0.2, 0.25) is 0 Å². The number of rotatable bonds is 6. The molecule has 0 unspecified atom stereocenters. The summed E-state index contributed by atoms with van der Waals surface area (Å²) < 4.78 is 5.67. The SMILES string of the molecule is CC(C)c1ccc(CN2CCN(C(=O)CNC(=O)c3ccc(Br)o3)CC2)cc1. The molecule has 1 aromatic carbocycles. The number of benzene rings is 1. The van der Waals surface area contributed by atoms with Crippen molar-refractivity contribution in [2.45, 2.75) is 26.3 Å². The molecule has 2 aromatic rings. The van der Waals surface area contributed by atoms with Gasteiger partial charge in [-0.25, -0.2) is 0 Å². The van der Waals surface area contributed by atoms with E-state index in [1.54, 1.807) is 17.0 Å².